The van der Waals surface area contributed by atoms with Gasteiger partial charge in [-0.1, -0.05) is 84.9 Å². The summed E-state index contributed by atoms with van der Waals surface area (Å²) in [4.78, 5) is 10.7. The van der Waals surface area contributed by atoms with Crippen LogP contribution in [0.25, 0.3) is 124 Å². The lowest BCUT2D eigenvalue weighted by atomic mass is 10.0. The highest BCUT2D eigenvalue weighted by atomic mass is 32.1. The second-order valence-electron chi connectivity index (χ2n) is 14.9. The van der Waals surface area contributed by atoms with Crippen LogP contribution in [0.2, 0.25) is 0 Å². The van der Waals surface area contributed by atoms with Crippen molar-refractivity contribution in [2.24, 2.45) is 0 Å². The van der Waals surface area contributed by atoms with Gasteiger partial charge < -0.3 is 8.98 Å². The standard InChI is InChI=1S/C52H29N3OS2/c1-2-10-33(11-3-1)55-42-15-7-4-12-34(42)35-21-18-31(28-43(35)55)41-29-40(53-52(54-41)32-20-24-48-38(27-32)36-13-5-8-16-46(36)57-48)30-19-22-44-39(26-30)50-45(56-44)23-25-49-51(50)37-14-6-9-17-47(37)58-49/h1-29H. The van der Waals surface area contributed by atoms with Crippen LogP contribution >= 0.6 is 22.7 Å². The average Bonchev–Trinajstić information content (AvgIpc) is 4.04. The van der Waals surface area contributed by atoms with E-state index in [2.05, 4.69) is 180 Å². The molecular weight excluding hydrogens is 747 g/mol. The lowest BCUT2D eigenvalue weighted by Gasteiger charge is -2.11. The summed E-state index contributed by atoms with van der Waals surface area (Å²) in [7, 11) is 0. The molecule has 0 aliphatic carbocycles. The number of rotatable bonds is 4. The molecule has 5 aromatic heterocycles. The molecule has 0 unspecified atom stereocenters. The molecule has 0 fully saturated rings. The molecular formula is C52H29N3OS2. The second kappa shape index (κ2) is 12.2. The Hall–Kier alpha value is -7.12. The molecule has 0 saturated carbocycles. The van der Waals surface area contributed by atoms with Crippen molar-refractivity contribution < 1.29 is 4.42 Å². The summed E-state index contributed by atoms with van der Waals surface area (Å²) in [6.45, 7) is 0. The van der Waals surface area contributed by atoms with Gasteiger partial charge in [0.1, 0.15) is 11.2 Å². The van der Waals surface area contributed by atoms with Gasteiger partial charge in [-0.25, -0.2) is 9.97 Å². The Labute approximate surface area is 339 Å². The highest BCUT2D eigenvalue weighted by molar-refractivity contribution is 7.26. The summed E-state index contributed by atoms with van der Waals surface area (Å²) in [5.74, 6) is 0.691. The van der Waals surface area contributed by atoms with E-state index in [0.29, 0.717) is 5.82 Å². The molecule has 58 heavy (non-hydrogen) atoms. The van der Waals surface area contributed by atoms with Crippen molar-refractivity contribution in [1.82, 2.24) is 14.5 Å². The normalized spacial score (nSPS) is 12.1. The van der Waals surface area contributed by atoms with Crippen LogP contribution in [0.5, 0.6) is 0 Å². The molecule has 270 valence electrons. The van der Waals surface area contributed by atoms with Gasteiger partial charge in [0.2, 0.25) is 0 Å². The van der Waals surface area contributed by atoms with E-state index < -0.39 is 0 Å². The Morgan fingerprint density at radius 3 is 1.84 bits per heavy atom. The van der Waals surface area contributed by atoms with Crippen LogP contribution < -0.4 is 0 Å². The summed E-state index contributed by atoms with van der Waals surface area (Å²) in [6.07, 6.45) is 0. The minimum Gasteiger partial charge on any atom is -0.456 e. The number of nitrogens with zero attached hydrogens (tertiary/aromatic N) is 3. The Kier molecular flexibility index (Phi) is 6.73. The smallest absolute Gasteiger partial charge is 0.160 e. The van der Waals surface area contributed by atoms with Crippen molar-refractivity contribution in [1.29, 1.82) is 0 Å². The molecule has 6 heteroatoms. The molecule has 0 saturated heterocycles. The third-order valence-corrected chi connectivity index (χ3v) is 13.9. The fourth-order valence-electron chi connectivity index (χ4n) is 8.96. The molecule has 0 aliphatic rings. The van der Waals surface area contributed by atoms with Gasteiger partial charge in [0, 0.05) is 84.3 Å². The number of benzene rings is 8. The number of aromatic nitrogens is 3. The molecule has 13 rings (SSSR count). The van der Waals surface area contributed by atoms with Gasteiger partial charge in [-0.15, -0.1) is 22.7 Å². The van der Waals surface area contributed by atoms with E-state index in [4.69, 9.17) is 14.4 Å². The van der Waals surface area contributed by atoms with Crippen LogP contribution in [0.4, 0.5) is 0 Å². The maximum absolute atomic E-state index is 6.51. The number of hydrogen-bond donors (Lipinski definition) is 0. The van der Waals surface area contributed by atoms with Gasteiger partial charge in [0.25, 0.3) is 0 Å². The first kappa shape index (κ1) is 32.0. The van der Waals surface area contributed by atoms with Crippen molar-refractivity contribution in [3.8, 4) is 39.6 Å². The molecule has 8 aromatic carbocycles. The Balaban J connectivity index is 1.06. The molecule has 0 aliphatic heterocycles. The summed E-state index contributed by atoms with van der Waals surface area (Å²) >= 11 is 3.65. The van der Waals surface area contributed by atoms with Crippen LogP contribution in [0, 0.1) is 0 Å². The topological polar surface area (TPSA) is 43.9 Å². The van der Waals surface area contributed by atoms with Gasteiger partial charge in [-0.05, 0) is 91.0 Å². The molecule has 0 bridgehead atoms. The molecule has 0 atom stereocenters. The molecule has 0 spiro atoms. The third kappa shape index (κ3) is 4.73. The minimum atomic E-state index is 0.691. The molecule has 13 aromatic rings. The van der Waals surface area contributed by atoms with Gasteiger partial charge >= 0.3 is 0 Å². The predicted octanol–water partition coefficient (Wildman–Crippen LogP) is 15.2. The van der Waals surface area contributed by atoms with Crippen LogP contribution in [0.15, 0.2) is 180 Å². The molecule has 4 nitrogen and oxygen atoms in total. The Morgan fingerprint density at radius 1 is 0.379 bits per heavy atom. The summed E-state index contributed by atoms with van der Waals surface area (Å²) < 4.78 is 13.9. The number of fused-ring (bicyclic) bond motifs is 13. The predicted molar refractivity (Wildman–Crippen MR) is 246 cm³/mol. The first-order valence-electron chi connectivity index (χ1n) is 19.4. The van der Waals surface area contributed by atoms with Crippen LogP contribution in [-0.4, -0.2) is 14.5 Å². The molecule has 0 radical (unpaired) electrons. The Bertz CT molecular complexity index is 3810. The summed E-state index contributed by atoms with van der Waals surface area (Å²) in [5, 5.41) is 9.64. The number of hydrogen-bond acceptors (Lipinski definition) is 5. The maximum Gasteiger partial charge on any atom is 0.160 e. The van der Waals surface area contributed by atoms with E-state index in [1.807, 2.05) is 22.7 Å². The average molecular weight is 776 g/mol. The zero-order valence-corrected chi connectivity index (χ0v) is 32.4. The fourth-order valence-corrected chi connectivity index (χ4v) is 11.2. The molecule has 0 amide bonds. The lowest BCUT2D eigenvalue weighted by molar-refractivity contribution is 0.669. The SMILES string of the molecule is c1ccc(-n2c3ccccc3c3ccc(-c4cc(-c5ccc6oc7ccc8sc9ccccc9c8c7c6c5)nc(-c5ccc6sc7ccccc7c6c5)n4)cc32)cc1. The molecule has 5 heterocycles. The van der Waals surface area contributed by atoms with Gasteiger partial charge in [-0.3, -0.25) is 0 Å². The number of thiophene rings is 2. The first-order valence-corrected chi connectivity index (χ1v) is 21.0. The van der Waals surface area contributed by atoms with E-state index in [0.717, 1.165) is 61.2 Å². The van der Waals surface area contributed by atoms with Crippen molar-refractivity contribution in [2.75, 3.05) is 0 Å². The largest absolute Gasteiger partial charge is 0.456 e. The highest BCUT2D eigenvalue weighted by Crippen LogP contribution is 2.44. The molecule has 0 N–H and O–H groups in total. The van der Waals surface area contributed by atoms with Crippen molar-refractivity contribution in [2.45, 2.75) is 0 Å². The van der Waals surface area contributed by atoms with E-state index in [1.54, 1.807) is 0 Å². The van der Waals surface area contributed by atoms with E-state index in [1.165, 1.54) is 56.6 Å². The van der Waals surface area contributed by atoms with Crippen molar-refractivity contribution >= 4 is 107 Å². The number of furan rings is 1. The van der Waals surface area contributed by atoms with E-state index in [-0.39, 0.29) is 0 Å². The highest BCUT2D eigenvalue weighted by Gasteiger charge is 2.19. The first-order chi connectivity index (χ1) is 28.7. The Morgan fingerprint density at radius 2 is 0.983 bits per heavy atom. The van der Waals surface area contributed by atoms with Gasteiger partial charge in [-0.2, -0.15) is 0 Å². The van der Waals surface area contributed by atoms with E-state index in [9.17, 15) is 0 Å². The van der Waals surface area contributed by atoms with Crippen LogP contribution in [-0.2, 0) is 0 Å². The van der Waals surface area contributed by atoms with Gasteiger partial charge in [0.15, 0.2) is 5.82 Å². The van der Waals surface area contributed by atoms with Crippen molar-refractivity contribution in [3.63, 3.8) is 0 Å². The third-order valence-electron chi connectivity index (χ3n) is 11.6. The zero-order valence-electron chi connectivity index (χ0n) is 30.8. The van der Waals surface area contributed by atoms with Crippen molar-refractivity contribution in [3.05, 3.63) is 176 Å². The minimum absolute atomic E-state index is 0.691. The van der Waals surface area contributed by atoms with Gasteiger partial charge in [0.05, 0.1) is 22.4 Å². The zero-order chi connectivity index (χ0) is 37.9. The lowest BCUT2D eigenvalue weighted by Crippen LogP contribution is -1.97. The van der Waals surface area contributed by atoms with E-state index >= 15 is 0 Å². The summed E-state index contributed by atoms with van der Waals surface area (Å²) in [5.41, 5.74) is 9.95. The second-order valence-corrected chi connectivity index (χ2v) is 17.1. The quantitative estimate of drug-likeness (QED) is 0.179. The van der Waals surface area contributed by atoms with Crippen LogP contribution in [0.3, 0.4) is 0 Å². The monoisotopic (exact) mass is 775 g/mol. The number of para-hydroxylation sites is 2. The van der Waals surface area contributed by atoms with Crippen LogP contribution in [0.1, 0.15) is 0 Å². The summed E-state index contributed by atoms with van der Waals surface area (Å²) in [6, 6.07) is 62.9. The fraction of sp³-hybridized carbons (Fsp3) is 0. The maximum atomic E-state index is 6.51.